The van der Waals surface area contributed by atoms with Crippen molar-refractivity contribution in [3.05, 3.63) is 68.8 Å². The van der Waals surface area contributed by atoms with E-state index >= 15 is 0 Å². The average Bonchev–Trinajstić information content (AvgIpc) is 3.15. The number of carbonyl (C=O) groups is 1. The van der Waals surface area contributed by atoms with Gasteiger partial charge in [-0.25, -0.2) is 4.98 Å². The van der Waals surface area contributed by atoms with Crippen LogP contribution in [0, 0.1) is 13.8 Å². The van der Waals surface area contributed by atoms with Crippen molar-refractivity contribution >= 4 is 17.2 Å². The monoisotopic (exact) mass is 354 g/mol. The molecule has 0 aliphatic heterocycles. The Morgan fingerprint density at radius 1 is 1.28 bits per heavy atom. The van der Waals surface area contributed by atoms with E-state index in [1.165, 1.54) is 10.9 Å². The van der Waals surface area contributed by atoms with Gasteiger partial charge in [-0.3, -0.25) is 19.1 Å². The molecule has 1 N–H and O–H groups in total. The van der Waals surface area contributed by atoms with E-state index < -0.39 is 0 Å². The van der Waals surface area contributed by atoms with Gasteiger partial charge in [-0.15, -0.1) is 0 Å². The number of thiophene rings is 1. The van der Waals surface area contributed by atoms with E-state index in [9.17, 15) is 9.59 Å². The maximum atomic E-state index is 12.1. The van der Waals surface area contributed by atoms with Crippen LogP contribution in [0.3, 0.4) is 0 Å². The highest BCUT2D eigenvalue weighted by atomic mass is 32.1. The standard InChI is InChI=1S/C18H18N4O2S/c1-12-13(2)21-11-22(18(12)24)9-17(23)20-7-14-5-16(8-19-6-14)15-3-4-25-10-15/h3-6,8,10-11H,7,9H2,1-2H3,(H,20,23). The number of nitrogens with zero attached hydrogens (tertiary/aromatic N) is 3. The average molecular weight is 354 g/mol. The first-order valence-corrected chi connectivity index (χ1v) is 8.74. The predicted molar refractivity (Wildman–Crippen MR) is 97.4 cm³/mol. The summed E-state index contributed by atoms with van der Waals surface area (Å²) in [5.74, 6) is -0.243. The zero-order chi connectivity index (χ0) is 17.8. The van der Waals surface area contributed by atoms with Crippen molar-refractivity contribution < 1.29 is 4.79 Å². The molecule has 6 nitrogen and oxygen atoms in total. The maximum Gasteiger partial charge on any atom is 0.256 e. The molecular formula is C18H18N4O2S. The Morgan fingerprint density at radius 2 is 2.12 bits per heavy atom. The number of aryl methyl sites for hydroxylation is 1. The van der Waals surface area contributed by atoms with Crippen molar-refractivity contribution in [2.24, 2.45) is 0 Å². The minimum atomic E-state index is -0.243. The van der Waals surface area contributed by atoms with Gasteiger partial charge in [0.1, 0.15) is 6.54 Å². The van der Waals surface area contributed by atoms with Crippen molar-refractivity contribution in [1.29, 1.82) is 0 Å². The van der Waals surface area contributed by atoms with Gasteiger partial charge < -0.3 is 5.32 Å². The highest BCUT2D eigenvalue weighted by Gasteiger charge is 2.08. The van der Waals surface area contributed by atoms with Gasteiger partial charge in [0.25, 0.3) is 5.56 Å². The number of aromatic nitrogens is 3. The van der Waals surface area contributed by atoms with Crippen LogP contribution in [-0.2, 0) is 17.9 Å². The largest absolute Gasteiger partial charge is 0.350 e. The number of nitrogens with one attached hydrogen (secondary N) is 1. The molecule has 0 radical (unpaired) electrons. The summed E-state index contributed by atoms with van der Waals surface area (Å²) in [5.41, 5.74) is 4.08. The number of rotatable bonds is 5. The Hall–Kier alpha value is -2.80. The fourth-order valence-electron chi connectivity index (χ4n) is 2.37. The quantitative estimate of drug-likeness (QED) is 0.763. The molecule has 3 rings (SSSR count). The molecular weight excluding hydrogens is 336 g/mol. The first-order chi connectivity index (χ1) is 12.0. The van der Waals surface area contributed by atoms with Crippen LogP contribution < -0.4 is 10.9 Å². The van der Waals surface area contributed by atoms with E-state index in [-0.39, 0.29) is 18.0 Å². The summed E-state index contributed by atoms with van der Waals surface area (Å²) < 4.78 is 1.32. The molecule has 7 heteroatoms. The fourth-order valence-corrected chi connectivity index (χ4v) is 3.04. The predicted octanol–water partition coefficient (Wildman–Crippen LogP) is 2.30. The third kappa shape index (κ3) is 4.00. The first-order valence-electron chi connectivity index (χ1n) is 7.80. The molecule has 0 atom stereocenters. The summed E-state index contributed by atoms with van der Waals surface area (Å²) in [6.45, 7) is 3.79. The van der Waals surface area contributed by atoms with Crippen LogP contribution >= 0.6 is 11.3 Å². The smallest absolute Gasteiger partial charge is 0.256 e. The molecule has 0 aliphatic rings. The third-order valence-electron chi connectivity index (χ3n) is 3.97. The summed E-state index contributed by atoms with van der Waals surface area (Å²) >= 11 is 1.63. The Labute approximate surface area is 149 Å². The van der Waals surface area contributed by atoms with Gasteiger partial charge in [-0.05, 0) is 47.9 Å². The van der Waals surface area contributed by atoms with Crippen molar-refractivity contribution in [2.75, 3.05) is 0 Å². The normalized spacial score (nSPS) is 10.6. The SMILES string of the molecule is Cc1ncn(CC(=O)NCc2cncc(-c3ccsc3)c2)c(=O)c1C. The van der Waals surface area contributed by atoms with Crippen LogP contribution in [0.5, 0.6) is 0 Å². The van der Waals surface area contributed by atoms with Gasteiger partial charge in [-0.1, -0.05) is 0 Å². The second-order valence-corrected chi connectivity index (χ2v) is 6.54. The molecule has 0 unspecified atom stereocenters. The van der Waals surface area contributed by atoms with Crippen LogP contribution in [0.4, 0.5) is 0 Å². The minimum absolute atomic E-state index is 0.0510. The third-order valence-corrected chi connectivity index (χ3v) is 4.65. The topological polar surface area (TPSA) is 76.9 Å². The number of hydrogen-bond donors (Lipinski definition) is 1. The van der Waals surface area contributed by atoms with E-state index in [2.05, 4.69) is 20.7 Å². The lowest BCUT2D eigenvalue weighted by molar-refractivity contribution is -0.121. The van der Waals surface area contributed by atoms with E-state index in [4.69, 9.17) is 0 Å². The molecule has 3 heterocycles. The van der Waals surface area contributed by atoms with Crippen molar-refractivity contribution in [3.63, 3.8) is 0 Å². The Kier molecular flexibility index (Phi) is 5.04. The lowest BCUT2D eigenvalue weighted by Gasteiger charge is -2.09. The summed E-state index contributed by atoms with van der Waals surface area (Å²) in [6, 6.07) is 4.03. The van der Waals surface area contributed by atoms with Crippen molar-refractivity contribution in [1.82, 2.24) is 19.9 Å². The molecule has 3 aromatic rings. The molecule has 3 aromatic heterocycles. The van der Waals surface area contributed by atoms with Crippen LogP contribution in [0.25, 0.3) is 11.1 Å². The molecule has 0 aromatic carbocycles. The molecule has 128 valence electrons. The number of carbonyl (C=O) groups excluding carboxylic acids is 1. The number of amides is 1. The summed E-state index contributed by atoms with van der Waals surface area (Å²) in [6.07, 6.45) is 4.93. The van der Waals surface area contributed by atoms with Gasteiger partial charge >= 0.3 is 0 Å². The lowest BCUT2D eigenvalue weighted by atomic mass is 10.1. The van der Waals surface area contributed by atoms with E-state index in [1.807, 2.05) is 17.5 Å². The second kappa shape index (κ2) is 7.40. The first kappa shape index (κ1) is 17.0. The Balaban J connectivity index is 1.64. The zero-order valence-corrected chi connectivity index (χ0v) is 14.8. The van der Waals surface area contributed by atoms with Crippen LogP contribution in [-0.4, -0.2) is 20.4 Å². The van der Waals surface area contributed by atoms with Gasteiger partial charge in [-0.2, -0.15) is 11.3 Å². The zero-order valence-electron chi connectivity index (χ0n) is 14.0. The van der Waals surface area contributed by atoms with Crippen molar-refractivity contribution in [3.8, 4) is 11.1 Å². The minimum Gasteiger partial charge on any atom is -0.350 e. The molecule has 1 amide bonds. The summed E-state index contributed by atoms with van der Waals surface area (Å²) in [5, 5.41) is 6.88. The second-order valence-electron chi connectivity index (χ2n) is 5.76. The maximum absolute atomic E-state index is 12.1. The molecule has 25 heavy (non-hydrogen) atoms. The van der Waals surface area contributed by atoms with Crippen LogP contribution in [0.2, 0.25) is 0 Å². The summed E-state index contributed by atoms with van der Waals surface area (Å²) in [7, 11) is 0. The van der Waals surface area contributed by atoms with E-state index in [0.29, 0.717) is 17.8 Å². The molecule has 0 saturated carbocycles. The van der Waals surface area contributed by atoms with Crippen LogP contribution in [0.15, 0.2) is 46.4 Å². The molecule has 0 fully saturated rings. The Morgan fingerprint density at radius 3 is 2.88 bits per heavy atom. The van der Waals surface area contributed by atoms with Crippen LogP contribution in [0.1, 0.15) is 16.8 Å². The van der Waals surface area contributed by atoms with Gasteiger partial charge in [0.15, 0.2) is 0 Å². The molecule has 0 spiro atoms. The highest BCUT2D eigenvalue weighted by molar-refractivity contribution is 7.08. The van der Waals surface area contributed by atoms with Crippen molar-refractivity contribution in [2.45, 2.75) is 26.9 Å². The number of hydrogen-bond acceptors (Lipinski definition) is 5. The van der Waals surface area contributed by atoms with E-state index in [0.717, 1.165) is 16.7 Å². The Bertz CT molecular complexity index is 948. The molecule has 0 aliphatic carbocycles. The molecule has 0 bridgehead atoms. The molecule has 0 saturated heterocycles. The summed E-state index contributed by atoms with van der Waals surface area (Å²) in [4.78, 5) is 32.6. The lowest BCUT2D eigenvalue weighted by Crippen LogP contribution is -2.33. The van der Waals surface area contributed by atoms with E-state index in [1.54, 1.807) is 37.6 Å². The fraction of sp³-hybridized carbons (Fsp3) is 0.222. The van der Waals surface area contributed by atoms with Gasteiger partial charge in [0.2, 0.25) is 5.91 Å². The highest BCUT2D eigenvalue weighted by Crippen LogP contribution is 2.21. The number of pyridine rings is 1. The van der Waals surface area contributed by atoms with Gasteiger partial charge in [0.05, 0.1) is 6.33 Å². The van der Waals surface area contributed by atoms with Gasteiger partial charge in [0, 0.05) is 35.8 Å².